The number of hydrogen-bond donors (Lipinski definition) is 1. The Bertz CT molecular complexity index is 444. The van der Waals surface area contributed by atoms with Gasteiger partial charge in [-0.2, -0.15) is 0 Å². The summed E-state index contributed by atoms with van der Waals surface area (Å²) in [6.45, 7) is 5.90. The number of rotatable bonds is 5. The lowest BCUT2D eigenvalue weighted by atomic mass is 10.1. The van der Waals surface area contributed by atoms with Crippen molar-refractivity contribution in [2.24, 2.45) is 5.73 Å². The molecule has 2 unspecified atom stereocenters. The van der Waals surface area contributed by atoms with Gasteiger partial charge in [-0.3, -0.25) is 9.88 Å². The predicted molar refractivity (Wildman–Crippen MR) is 81.4 cm³/mol. The van der Waals surface area contributed by atoms with Gasteiger partial charge in [0, 0.05) is 25.2 Å². The van der Waals surface area contributed by atoms with E-state index in [1.165, 1.54) is 57.7 Å². The zero-order valence-corrected chi connectivity index (χ0v) is 12.5. The summed E-state index contributed by atoms with van der Waals surface area (Å²) in [6.07, 6.45) is 6.12. The van der Waals surface area contributed by atoms with Gasteiger partial charge in [0.1, 0.15) is 5.82 Å². The minimum Gasteiger partial charge on any atom is -0.323 e. The van der Waals surface area contributed by atoms with Gasteiger partial charge in [-0.05, 0) is 57.5 Å². The molecule has 4 nitrogen and oxygen atoms in total. The Morgan fingerprint density at radius 1 is 1.29 bits per heavy atom. The molecule has 3 rings (SSSR count). The Balaban J connectivity index is 1.44. The molecule has 0 amide bonds. The highest BCUT2D eigenvalue weighted by Crippen LogP contribution is 2.21. The van der Waals surface area contributed by atoms with Gasteiger partial charge in [0.25, 0.3) is 0 Å². The van der Waals surface area contributed by atoms with E-state index in [0.717, 1.165) is 24.7 Å². The Hall–Kier alpha value is -1.04. The zero-order valence-electron chi connectivity index (χ0n) is 12.5. The molecule has 2 fully saturated rings. The van der Waals surface area contributed by atoms with Gasteiger partial charge < -0.3 is 10.6 Å². The molecule has 0 aliphatic carbocycles. The second-order valence-corrected chi connectivity index (χ2v) is 6.28. The van der Waals surface area contributed by atoms with Crippen molar-refractivity contribution in [2.45, 2.75) is 37.8 Å². The first-order valence-corrected chi connectivity index (χ1v) is 8.06. The van der Waals surface area contributed by atoms with E-state index in [2.05, 4.69) is 14.8 Å². The van der Waals surface area contributed by atoms with Crippen LogP contribution in [-0.2, 0) is 0 Å². The number of likely N-dealkylation sites (tertiary alicyclic amines) is 2. The van der Waals surface area contributed by atoms with Crippen LogP contribution in [0.3, 0.4) is 0 Å². The van der Waals surface area contributed by atoms with E-state index in [1.54, 1.807) is 6.07 Å². The minimum atomic E-state index is -0.307. The van der Waals surface area contributed by atoms with Gasteiger partial charge in [0.05, 0.1) is 11.9 Å². The lowest BCUT2D eigenvalue weighted by Gasteiger charge is -2.24. The van der Waals surface area contributed by atoms with Crippen molar-refractivity contribution in [3.8, 4) is 0 Å². The molecule has 116 valence electrons. The summed E-state index contributed by atoms with van der Waals surface area (Å²) in [5.41, 5.74) is 6.94. The fraction of sp³-hybridized carbons (Fsp3) is 0.688. The summed E-state index contributed by atoms with van der Waals surface area (Å²) in [6, 6.07) is 3.77. The largest absolute Gasteiger partial charge is 0.323 e. The fourth-order valence-corrected chi connectivity index (χ4v) is 3.50. The van der Waals surface area contributed by atoms with Gasteiger partial charge in [-0.25, -0.2) is 4.39 Å². The highest BCUT2D eigenvalue weighted by Gasteiger charge is 2.29. The molecule has 1 aromatic heterocycles. The van der Waals surface area contributed by atoms with Gasteiger partial charge in [0.15, 0.2) is 0 Å². The Kier molecular flexibility index (Phi) is 4.83. The molecule has 1 aromatic rings. The SMILES string of the molecule is NC(CCN1CCC(N2CCCC2)C1)c1ccc(F)cn1. The molecular weight excluding hydrogens is 267 g/mol. The molecule has 21 heavy (non-hydrogen) atoms. The van der Waals surface area contributed by atoms with Gasteiger partial charge in [0.2, 0.25) is 0 Å². The van der Waals surface area contributed by atoms with E-state index >= 15 is 0 Å². The Morgan fingerprint density at radius 3 is 2.81 bits per heavy atom. The maximum absolute atomic E-state index is 12.9. The molecular formula is C16H25FN4. The monoisotopic (exact) mass is 292 g/mol. The average Bonchev–Trinajstić information content (AvgIpc) is 3.16. The van der Waals surface area contributed by atoms with Crippen LogP contribution in [0.25, 0.3) is 0 Å². The van der Waals surface area contributed by atoms with E-state index < -0.39 is 0 Å². The van der Waals surface area contributed by atoms with Crippen molar-refractivity contribution >= 4 is 0 Å². The smallest absolute Gasteiger partial charge is 0.141 e. The summed E-state index contributed by atoms with van der Waals surface area (Å²) in [5, 5.41) is 0. The van der Waals surface area contributed by atoms with Crippen LogP contribution in [0.5, 0.6) is 0 Å². The van der Waals surface area contributed by atoms with Crippen LogP contribution in [-0.4, -0.2) is 53.5 Å². The molecule has 2 aliphatic heterocycles. The third-order valence-electron chi connectivity index (χ3n) is 4.79. The van der Waals surface area contributed by atoms with Crippen molar-refractivity contribution in [3.63, 3.8) is 0 Å². The summed E-state index contributed by atoms with van der Waals surface area (Å²) < 4.78 is 12.9. The van der Waals surface area contributed by atoms with Crippen LogP contribution in [0.4, 0.5) is 4.39 Å². The van der Waals surface area contributed by atoms with Crippen LogP contribution in [0.15, 0.2) is 18.3 Å². The zero-order chi connectivity index (χ0) is 14.7. The third kappa shape index (κ3) is 3.78. The number of nitrogens with two attached hydrogens (primary N) is 1. The number of aromatic nitrogens is 1. The maximum atomic E-state index is 12.9. The van der Waals surface area contributed by atoms with E-state index in [0.29, 0.717) is 0 Å². The summed E-state index contributed by atoms with van der Waals surface area (Å²) in [4.78, 5) is 9.22. The molecule has 5 heteroatoms. The third-order valence-corrected chi connectivity index (χ3v) is 4.79. The van der Waals surface area contributed by atoms with Crippen LogP contribution >= 0.6 is 0 Å². The molecule has 2 atom stereocenters. The first kappa shape index (κ1) is 14.9. The molecule has 2 saturated heterocycles. The molecule has 0 spiro atoms. The number of nitrogens with zero attached hydrogens (tertiary/aromatic N) is 3. The van der Waals surface area contributed by atoms with E-state index in [9.17, 15) is 4.39 Å². The van der Waals surface area contributed by atoms with Crippen LogP contribution in [0, 0.1) is 5.82 Å². The Morgan fingerprint density at radius 2 is 2.10 bits per heavy atom. The quantitative estimate of drug-likeness (QED) is 0.898. The number of pyridine rings is 1. The minimum absolute atomic E-state index is 0.101. The first-order valence-electron chi connectivity index (χ1n) is 8.06. The van der Waals surface area contributed by atoms with Crippen LogP contribution in [0.2, 0.25) is 0 Å². The lowest BCUT2D eigenvalue weighted by molar-refractivity contribution is 0.229. The number of hydrogen-bond acceptors (Lipinski definition) is 4. The van der Waals surface area contributed by atoms with Crippen molar-refractivity contribution in [1.82, 2.24) is 14.8 Å². The maximum Gasteiger partial charge on any atom is 0.141 e. The standard InChI is InChI=1S/C16H25FN4/c17-13-3-4-16(19-11-13)15(18)6-10-20-9-5-14(12-20)21-7-1-2-8-21/h3-4,11,14-15H,1-2,5-10,12,18H2. The highest BCUT2D eigenvalue weighted by molar-refractivity contribution is 5.09. The first-order chi connectivity index (χ1) is 10.2. The molecule has 2 N–H and O–H groups in total. The normalized spacial score (nSPS) is 25.5. The van der Waals surface area contributed by atoms with Crippen molar-refractivity contribution in [1.29, 1.82) is 0 Å². The molecule has 0 saturated carbocycles. The molecule has 2 aliphatic rings. The van der Waals surface area contributed by atoms with Gasteiger partial charge in [-0.1, -0.05) is 0 Å². The summed E-state index contributed by atoms with van der Waals surface area (Å²) in [7, 11) is 0. The summed E-state index contributed by atoms with van der Waals surface area (Å²) in [5.74, 6) is -0.307. The fourth-order valence-electron chi connectivity index (χ4n) is 3.50. The average molecular weight is 292 g/mol. The lowest BCUT2D eigenvalue weighted by Crippen LogP contribution is -2.35. The van der Waals surface area contributed by atoms with E-state index in [4.69, 9.17) is 5.73 Å². The second kappa shape index (κ2) is 6.81. The molecule has 0 aromatic carbocycles. The van der Waals surface area contributed by atoms with Gasteiger partial charge >= 0.3 is 0 Å². The predicted octanol–water partition coefficient (Wildman–Crippen LogP) is 1.78. The van der Waals surface area contributed by atoms with Crippen LogP contribution in [0.1, 0.15) is 37.4 Å². The van der Waals surface area contributed by atoms with E-state index in [1.807, 2.05) is 0 Å². The van der Waals surface area contributed by atoms with Gasteiger partial charge in [-0.15, -0.1) is 0 Å². The summed E-state index contributed by atoms with van der Waals surface area (Å²) >= 11 is 0. The molecule has 0 bridgehead atoms. The molecule has 0 radical (unpaired) electrons. The van der Waals surface area contributed by atoms with E-state index in [-0.39, 0.29) is 11.9 Å². The topological polar surface area (TPSA) is 45.4 Å². The van der Waals surface area contributed by atoms with Crippen molar-refractivity contribution in [2.75, 3.05) is 32.7 Å². The Labute approximate surface area is 126 Å². The highest BCUT2D eigenvalue weighted by atomic mass is 19.1. The van der Waals surface area contributed by atoms with Crippen molar-refractivity contribution < 1.29 is 4.39 Å². The van der Waals surface area contributed by atoms with Crippen molar-refractivity contribution in [3.05, 3.63) is 29.8 Å². The van der Waals surface area contributed by atoms with Crippen LogP contribution < -0.4 is 5.73 Å². The molecule has 3 heterocycles. The number of halogens is 1. The second-order valence-electron chi connectivity index (χ2n) is 6.28.